The molecule has 3 rings (SSSR count). The molecule has 0 radical (unpaired) electrons. The van der Waals surface area contributed by atoms with Crippen LogP contribution in [0, 0.1) is 0 Å². The van der Waals surface area contributed by atoms with E-state index in [1.807, 2.05) is 0 Å². The molecule has 0 aliphatic heterocycles. The highest BCUT2D eigenvalue weighted by Gasteiger charge is 2.31. The first-order chi connectivity index (χ1) is 12.2. The van der Waals surface area contributed by atoms with Crippen molar-refractivity contribution in [2.24, 2.45) is 0 Å². The average Bonchev–Trinajstić information content (AvgIpc) is 2.94. The lowest BCUT2D eigenvalue weighted by atomic mass is 10.2. The number of hydrogen-bond acceptors (Lipinski definition) is 6. The van der Waals surface area contributed by atoms with Crippen molar-refractivity contribution in [3.05, 3.63) is 47.8 Å². The maximum absolute atomic E-state index is 12.2. The molecule has 7 nitrogen and oxygen atoms in total. The van der Waals surface area contributed by atoms with E-state index in [1.165, 1.54) is 18.2 Å². The number of aromatic carboxylic acids is 1. The highest BCUT2D eigenvalue weighted by molar-refractivity contribution is 7.22. The molecule has 2 aromatic heterocycles. The van der Waals surface area contributed by atoms with Crippen LogP contribution in [0.2, 0.25) is 0 Å². The number of rotatable bonds is 4. The van der Waals surface area contributed by atoms with E-state index in [9.17, 15) is 22.8 Å². The van der Waals surface area contributed by atoms with Crippen LogP contribution < -0.4 is 10.1 Å². The van der Waals surface area contributed by atoms with Crippen LogP contribution in [0.3, 0.4) is 0 Å². The highest BCUT2D eigenvalue weighted by atomic mass is 32.1. The number of carboxylic acid groups (broad SMARTS) is 1. The van der Waals surface area contributed by atoms with E-state index in [2.05, 4.69) is 20.0 Å². The maximum atomic E-state index is 12.2. The van der Waals surface area contributed by atoms with Gasteiger partial charge < -0.3 is 9.84 Å². The van der Waals surface area contributed by atoms with Crippen molar-refractivity contribution >= 4 is 38.6 Å². The lowest BCUT2D eigenvalue weighted by Gasteiger charge is -2.07. The number of halogens is 3. The minimum absolute atomic E-state index is 0.0321. The number of carbonyl (C=O) groups excluding carboxylic acids is 1. The lowest BCUT2D eigenvalue weighted by molar-refractivity contribution is -0.274. The smallest absolute Gasteiger partial charge is 0.478 e. The Labute approximate surface area is 147 Å². The van der Waals surface area contributed by atoms with Gasteiger partial charge in [-0.1, -0.05) is 11.3 Å². The number of thiazole rings is 1. The SMILES string of the molecule is O=C(O)c1ccc(C(=O)Nc2nc3ccc(OC(F)(F)F)cc3s2)nc1. The number of benzene rings is 1. The summed E-state index contributed by atoms with van der Waals surface area (Å²) in [6.45, 7) is 0. The van der Waals surface area contributed by atoms with E-state index in [-0.39, 0.29) is 16.4 Å². The van der Waals surface area contributed by atoms with Crippen molar-refractivity contribution in [1.29, 1.82) is 0 Å². The molecule has 134 valence electrons. The standard InChI is InChI=1S/C15H8F3N3O4S/c16-15(17,18)25-8-2-4-9-11(5-8)26-14(20-9)21-12(22)10-3-1-7(6-19-10)13(23)24/h1-6H,(H,23,24)(H,20,21,22). The summed E-state index contributed by atoms with van der Waals surface area (Å²) in [5, 5.41) is 11.4. The van der Waals surface area contributed by atoms with Crippen LogP contribution in [0.25, 0.3) is 10.2 Å². The van der Waals surface area contributed by atoms with Gasteiger partial charge in [0.05, 0.1) is 15.8 Å². The first-order valence-electron chi connectivity index (χ1n) is 6.88. The Morgan fingerprint density at radius 1 is 1.19 bits per heavy atom. The first-order valence-corrected chi connectivity index (χ1v) is 7.70. The van der Waals surface area contributed by atoms with Gasteiger partial charge in [0.25, 0.3) is 5.91 Å². The zero-order valence-corrected chi connectivity index (χ0v) is 13.4. The van der Waals surface area contributed by atoms with Gasteiger partial charge in [-0.3, -0.25) is 15.1 Å². The van der Waals surface area contributed by atoms with Crippen molar-refractivity contribution in [2.45, 2.75) is 6.36 Å². The lowest BCUT2D eigenvalue weighted by Crippen LogP contribution is -2.16. The van der Waals surface area contributed by atoms with Crippen LogP contribution in [0.1, 0.15) is 20.8 Å². The van der Waals surface area contributed by atoms with E-state index in [1.54, 1.807) is 0 Å². The number of nitrogens with one attached hydrogen (secondary N) is 1. The van der Waals surface area contributed by atoms with Gasteiger partial charge in [-0.25, -0.2) is 9.78 Å². The second-order valence-electron chi connectivity index (χ2n) is 4.89. The van der Waals surface area contributed by atoms with Crippen molar-refractivity contribution < 1.29 is 32.6 Å². The third-order valence-corrected chi connectivity index (χ3v) is 3.99. The fraction of sp³-hybridized carbons (Fsp3) is 0.0667. The molecule has 0 atom stereocenters. The number of aromatic nitrogens is 2. The van der Waals surface area contributed by atoms with Gasteiger partial charge in [0, 0.05) is 12.3 Å². The molecule has 2 heterocycles. The van der Waals surface area contributed by atoms with Gasteiger partial charge in [0.15, 0.2) is 5.13 Å². The fourth-order valence-corrected chi connectivity index (χ4v) is 2.86. The van der Waals surface area contributed by atoms with Crippen LogP contribution in [0.15, 0.2) is 36.5 Å². The number of carboxylic acids is 1. The zero-order chi connectivity index (χ0) is 18.9. The van der Waals surface area contributed by atoms with Crippen LogP contribution in [0.5, 0.6) is 5.75 Å². The van der Waals surface area contributed by atoms with Crippen molar-refractivity contribution in [1.82, 2.24) is 9.97 Å². The molecule has 0 unspecified atom stereocenters. The van der Waals surface area contributed by atoms with E-state index >= 15 is 0 Å². The zero-order valence-electron chi connectivity index (χ0n) is 12.6. The van der Waals surface area contributed by atoms with Gasteiger partial charge >= 0.3 is 12.3 Å². The molecule has 0 saturated heterocycles. The Bertz CT molecular complexity index is 986. The van der Waals surface area contributed by atoms with Crippen LogP contribution in [-0.2, 0) is 0 Å². The topological polar surface area (TPSA) is 101 Å². The number of pyridine rings is 1. The number of nitrogens with zero attached hydrogens (tertiary/aromatic N) is 2. The Kier molecular flexibility index (Phi) is 4.47. The predicted molar refractivity (Wildman–Crippen MR) is 85.5 cm³/mol. The summed E-state index contributed by atoms with van der Waals surface area (Å²) in [6, 6.07) is 6.08. The second kappa shape index (κ2) is 6.59. The number of amides is 1. The van der Waals surface area contributed by atoms with Crippen molar-refractivity contribution in [3.8, 4) is 5.75 Å². The van der Waals surface area contributed by atoms with Crippen molar-refractivity contribution in [3.63, 3.8) is 0 Å². The molecule has 11 heteroatoms. The number of alkyl halides is 3. The third-order valence-electron chi connectivity index (χ3n) is 3.06. The number of ether oxygens (including phenoxy) is 1. The summed E-state index contributed by atoms with van der Waals surface area (Å²) in [5.74, 6) is -2.20. The normalized spacial score (nSPS) is 11.3. The van der Waals surface area contributed by atoms with Gasteiger partial charge in [-0.2, -0.15) is 0 Å². The molecule has 0 aliphatic rings. The Hall–Kier alpha value is -3.21. The van der Waals surface area contributed by atoms with Gasteiger partial charge in [-0.05, 0) is 24.3 Å². The molecule has 1 aromatic carbocycles. The summed E-state index contributed by atoms with van der Waals surface area (Å²) in [6.07, 6.45) is -3.76. The molecule has 26 heavy (non-hydrogen) atoms. The number of carbonyl (C=O) groups is 2. The molecule has 0 spiro atoms. The minimum atomic E-state index is -4.80. The highest BCUT2D eigenvalue weighted by Crippen LogP contribution is 2.31. The monoisotopic (exact) mass is 383 g/mol. The largest absolute Gasteiger partial charge is 0.573 e. The summed E-state index contributed by atoms with van der Waals surface area (Å²) >= 11 is 0.956. The summed E-state index contributed by atoms with van der Waals surface area (Å²) in [7, 11) is 0. The van der Waals surface area contributed by atoms with Gasteiger partial charge in [0.2, 0.25) is 0 Å². The third kappa shape index (κ3) is 4.06. The quantitative estimate of drug-likeness (QED) is 0.715. The van der Waals surface area contributed by atoms with Gasteiger partial charge in [-0.15, -0.1) is 13.2 Å². The molecule has 2 N–H and O–H groups in total. The molecule has 0 aliphatic carbocycles. The molecular weight excluding hydrogens is 375 g/mol. The Morgan fingerprint density at radius 2 is 1.96 bits per heavy atom. The maximum Gasteiger partial charge on any atom is 0.573 e. The number of hydrogen-bond donors (Lipinski definition) is 2. The Morgan fingerprint density at radius 3 is 2.58 bits per heavy atom. The number of fused-ring (bicyclic) bond motifs is 1. The van der Waals surface area contributed by atoms with E-state index in [0.717, 1.165) is 29.7 Å². The summed E-state index contributed by atoms with van der Waals surface area (Å²) < 4.78 is 41.0. The van der Waals surface area contributed by atoms with E-state index in [0.29, 0.717) is 10.2 Å². The molecule has 0 saturated carbocycles. The van der Waals surface area contributed by atoms with E-state index < -0.39 is 24.0 Å². The molecule has 0 bridgehead atoms. The first kappa shape index (κ1) is 17.6. The van der Waals surface area contributed by atoms with Gasteiger partial charge in [0.1, 0.15) is 11.4 Å². The summed E-state index contributed by atoms with van der Waals surface area (Å²) in [5.41, 5.74) is 0.281. The minimum Gasteiger partial charge on any atom is -0.478 e. The molecular formula is C15H8F3N3O4S. The van der Waals surface area contributed by atoms with Crippen LogP contribution in [0.4, 0.5) is 18.3 Å². The molecule has 1 amide bonds. The number of anilines is 1. The summed E-state index contributed by atoms with van der Waals surface area (Å²) in [4.78, 5) is 30.7. The van der Waals surface area contributed by atoms with Crippen LogP contribution in [-0.4, -0.2) is 33.3 Å². The van der Waals surface area contributed by atoms with Crippen LogP contribution >= 0.6 is 11.3 Å². The molecule has 3 aromatic rings. The second-order valence-corrected chi connectivity index (χ2v) is 5.92. The Balaban J connectivity index is 1.77. The molecule has 0 fully saturated rings. The fourth-order valence-electron chi connectivity index (χ4n) is 1.97. The average molecular weight is 383 g/mol. The van der Waals surface area contributed by atoms with E-state index in [4.69, 9.17) is 5.11 Å². The predicted octanol–water partition coefficient (Wildman–Crippen LogP) is 3.54. The van der Waals surface area contributed by atoms with Crippen molar-refractivity contribution in [2.75, 3.05) is 5.32 Å².